The quantitative estimate of drug-likeness (QED) is 0.407. The molecule has 2 heterocycles. The molecule has 5 rings (SSSR count). The number of aromatic nitrogens is 3. The normalized spacial score (nSPS) is 14.9. The van der Waals surface area contributed by atoms with Crippen LogP contribution in [0.5, 0.6) is 0 Å². The van der Waals surface area contributed by atoms with Crippen molar-refractivity contribution in [1.82, 2.24) is 20.0 Å². The van der Waals surface area contributed by atoms with Gasteiger partial charge in [0.1, 0.15) is 6.54 Å². The lowest BCUT2D eigenvalue weighted by atomic mass is 9.60. The Hall–Kier alpha value is -3.41. The third-order valence-corrected chi connectivity index (χ3v) is 7.09. The van der Waals surface area contributed by atoms with Crippen molar-refractivity contribution in [2.75, 3.05) is 6.54 Å². The Labute approximate surface area is 194 Å². The van der Waals surface area contributed by atoms with Gasteiger partial charge < -0.3 is 14.4 Å². The number of para-hydroxylation sites is 1. The van der Waals surface area contributed by atoms with Gasteiger partial charge in [0.15, 0.2) is 5.82 Å². The Kier molecular flexibility index (Phi) is 5.52. The van der Waals surface area contributed by atoms with E-state index in [2.05, 4.69) is 58.6 Å². The average molecular weight is 443 g/mol. The molecule has 0 aliphatic heterocycles. The number of amides is 1. The van der Waals surface area contributed by atoms with Crippen molar-refractivity contribution in [2.24, 2.45) is 0 Å². The van der Waals surface area contributed by atoms with Gasteiger partial charge >= 0.3 is 0 Å². The molecule has 0 saturated heterocycles. The predicted molar refractivity (Wildman–Crippen MR) is 128 cm³/mol. The molecule has 0 unspecified atom stereocenters. The molecule has 0 bridgehead atoms. The maximum atomic E-state index is 13.5. The van der Waals surface area contributed by atoms with Crippen molar-refractivity contribution in [1.29, 1.82) is 0 Å². The summed E-state index contributed by atoms with van der Waals surface area (Å²) in [7, 11) is 0. The third kappa shape index (κ3) is 3.63. The SMILES string of the molecule is CCc1noc(CN(CC)C(=O)c2cccc3c(C4(c5ccc(C)cc5)CCC4)c[nH]c23)n1. The molecule has 6 heteroatoms. The Morgan fingerprint density at radius 2 is 1.94 bits per heavy atom. The van der Waals surface area contributed by atoms with E-state index in [0.29, 0.717) is 36.8 Å². The second kappa shape index (κ2) is 8.50. The van der Waals surface area contributed by atoms with E-state index in [0.717, 1.165) is 23.7 Å². The molecular formula is C27H30N4O2. The van der Waals surface area contributed by atoms with E-state index >= 15 is 0 Å². The summed E-state index contributed by atoms with van der Waals surface area (Å²) in [6.45, 7) is 6.93. The van der Waals surface area contributed by atoms with E-state index in [1.54, 1.807) is 4.90 Å². The molecule has 1 amide bonds. The number of nitrogens with zero attached hydrogens (tertiary/aromatic N) is 3. The fraction of sp³-hybridized carbons (Fsp3) is 0.370. The fourth-order valence-corrected chi connectivity index (χ4v) is 5.00. The lowest BCUT2D eigenvalue weighted by molar-refractivity contribution is 0.0736. The first kappa shape index (κ1) is 21.4. The molecule has 1 N–H and O–H groups in total. The monoisotopic (exact) mass is 442 g/mol. The van der Waals surface area contributed by atoms with Crippen LogP contribution in [0, 0.1) is 6.92 Å². The molecule has 1 aliphatic carbocycles. The molecule has 1 fully saturated rings. The molecule has 0 spiro atoms. The number of carbonyl (C=O) groups excluding carboxylic acids is 1. The second-order valence-corrected chi connectivity index (χ2v) is 9.01. The Morgan fingerprint density at radius 3 is 2.58 bits per heavy atom. The number of aromatic amines is 1. The smallest absolute Gasteiger partial charge is 0.256 e. The van der Waals surface area contributed by atoms with E-state index in [4.69, 9.17) is 4.52 Å². The van der Waals surface area contributed by atoms with Gasteiger partial charge in [-0.3, -0.25) is 4.79 Å². The van der Waals surface area contributed by atoms with Gasteiger partial charge in [-0.15, -0.1) is 0 Å². The van der Waals surface area contributed by atoms with E-state index < -0.39 is 0 Å². The van der Waals surface area contributed by atoms with E-state index in [-0.39, 0.29) is 11.3 Å². The van der Waals surface area contributed by atoms with Gasteiger partial charge in [-0.25, -0.2) is 0 Å². The maximum Gasteiger partial charge on any atom is 0.256 e. The number of rotatable bonds is 7. The zero-order chi connectivity index (χ0) is 23.0. The van der Waals surface area contributed by atoms with E-state index in [9.17, 15) is 4.79 Å². The number of hydrogen-bond donors (Lipinski definition) is 1. The van der Waals surface area contributed by atoms with Gasteiger partial charge in [0.05, 0.1) is 11.1 Å². The number of nitrogens with one attached hydrogen (secondary N) is 1. The predicted octanol–water partition coefficient (Wildman–Crippen LogP) is 5.55. The zero-order valence-electron chi connectivity index (χ0n) is 19.5. The van der Waals surface area contributed by atoms with E-state index in [1.165, 1.54) is 23.1 Å². The van der Waals surface area contributed by atoms with Crippen LogP contribution < -0.4 is 0 Å². The molecule has 170 valence electrons. The van der Waals surface area contributed by atoms with Crippen LogP contribution in [0.3, 0.4) is 0 Å². The number of benzene rings is 2. The first-order valence-corrected chi connectivity index (χ1v) is 11.8. The molecule has 2 aromatic carbocycles. The number of hydrogen-bond acceptors (Lipinski definition) is 4. The highest BCUT2D eigenvalue weighted by atomic mass is 16.5. The molecule has 0 atom stereocenters. The number of H-pyrrole nitrogens is 1. The number of carbonyl (C=O) groups is 1. The largest absolute Gasteiger partial charge is 0.360 e. The molecule has 4 aromatic rings. The minimum Gasteiger partial charge on any atom is -0.360 e. The van der Waals surface area contributed by atoms with Crippen molar-refractivity contribution in [3.63, 3.8) is 0 Å². The van der Waals surface area contributed by atoms with Crippen molar-refractivity contribution in [3.8, 4) is 0 Å². The lowest BCUT2D eigenvalue weighted by Gasteiger charge is -2.42. The van der Waals surface area contributed by atoms with Crippen LogP contribution in [-0.4, -0.2) is 32.5 Å². The van der Waals surface area contributed by atoms with Crippen LogP contribution in [0.2, 0.25) is 0 Å². The highest BCUT2D eigenvalue weighted by Crippen LogP contribution is 2.51. The van der Waals surface area contributed by atoms with Gasteiger partial charge in [-0.2, -0.15) is 4.98 Å². The molecule has 1 aliphatic rings. The second-order valence-electron chi connectivity index (χ2n) is 9.01. The van der Waals surface area contributed by atoms with Crippen molar-refractivity contribution in [2.45, 2.75) is 58.4 Å². The molecule has 1 saturated carbocycles. The minimum absolute atomic E-state index is 0.0123. The highest BCUT2D eigenvalue weighted by Gasteiger charge is 2.42. The summed E-state index contributed by atoms with van der Waals surface area (Å²) in [5, 5.41) is 5.08. The summed E-state index contributed by atoms with van der Waals surface area (Å²) in [4.78, 5) is 23.1. The van der Waals surface area contributed by atoms with Crippen LogP contribution in [-0.2, 0) is 18.4 Å². The summed E-state index contributed by atoms with van der Waals surface area (Å²) in [6, 6.07) is 14.9. The van der Waals surface area contributed by atoms with Crippen LogP contribution in [0.4, 0.5) is 0 Å². The summed E-state index contributed by atoms with van der Waals surface area (Å²) in [5.74, 6) is 1.09. The van der Waals surface area contributed by atoms with Crippen molar-refractivity contribution < 1.29 is 9.32 Å². The van der Waals surface area contributed by atoms with Crippen LogP contribution in [0.15, 0.2) is 53.2 Å². The fourth-order valence-electron chi connectivity index (χ4n) is 5.00. The Bertz CT molecular complexity index is 1280. The molecule has 6 nitrogen and oxygen atoms in total. The minimum atomic E-state index is -0.0363. The van der Waals surface area contributed by atoms with Gasteiger partial charge in [0.2, 0.25) is 5.89 Å². The Morgan fingerprint density at radius 1 is 1.15 bits per heavy atom. The van der Waals surface area contributed by atoms with Crippen molar-refractivity contribution in [3.05, 3.63) is 82.6 Å². The summed E-state index contributed by atoms with van der Waals surface area (Å²) in [5.41, 5.74) is 5.50. The standard InChI is InChI=1S/C27H30N4O2/c1-4-23-29-24(33-30-23)17-31(5-2)26(32)21-9-6-8-20-22(16-28-25(20)21)27(14-7-15-27)19-12-10-18(3)11-13-19/h6,8-13,16,28H,4-5,7,14-15,17H2,1-3H3. The molecule has 2 aromatic heterocycles. The molecule has 0 radical (unpaired) electrons. The first-order chi connectivity index (χ1) is 16.1. The lowest BCUT2D eigenvalue weighted by Crippen LogP contribution is -2.35. The average Bonchev–Trinajstić information content (AvgIpc) is 3.45. The molecule has 33 heavy (non-hydrogen) atoms. The van der Waals surface area contributed by atoms with Crippen molar-refractivity contribution >= 4 is 16.8 Å². The van der Waals surface area contributed by atoms with Gasteiger partial charge in [-0.1, -0.05) is 60.5 Å². The van der Waals surface area contributed by atoms with Gasteiger partial charge in [-0.05, 0) is 43.9 Å². The summed E-state index contributed by atoms with van der Waals surface area (Å²) >= 11 is 0. The summed E-state index contributed by atoms with van der Waals surface area (Å²) in [6.07, 6.45) is 6.28. The third-order valence-electron chi connectivity index (χ3n) is 7.09. The summed E-state index contributed by atoms with van der Waals surface area (Å²) < 4.78 is 5.33. The maximum absolute atomic E-state index is 13.5. The van der Waals surface area contributed by atoms with E-state index in [1.807, 2.05) is 26.0 Å². The van der Waals surface area contributed by atoms with Crippen LogP contribution >= 0.6 is 0 Å². The molecular weight excluding hydrogens is 412 g/mol. The zero-order valence-corrected chi connectivity index (χ0v) is 19.5. The Balaban J connectivity index is 1.50. The highest BCUT2D eigenvalue weighted by molar-refractivity contribution is 6.06. The van der Waals surface area contributed by atoms with Crippen LogP contribution in [0.1, 0.15) is 71.9 Å². The van der Waals surface area contributed by atoms with Crippen LogP contribution in [0.25, 0.3) is 10.9 Å². The van der Waals surface area contributed by atoms with Gasteiger partial charge in [0, 0.05) is 30.0 Å². The van der Waals surface area contributed by atoms with Gasteiger partial charge in [0.25, 0.3) is 5.91 Å². The first-order valence-electron chi connectivity index (χ1n) is 11.8. The number of aryl methyl sites for hydroxylation is 2. The topological polar surface area (TPSA) is 75.0 Å². The number of fused-ring (bicyclic) bond motifs is 1.